The minimum Gasteiger partial charge on any atom is -0.473 e. The highest BCUT2D eigenvalue weighted by molar-refractivity contribution is 5.62. The first-order valence-electron chi connectivity index (χ1n) is 8.63. The number of nitrogens with zero attached hydrogens (tertiary/aromatic N) is 1. The molecule has 2 heterocycles. The van der Waals surface area contributed by atoms with Gasteiger partial charge in [-0.1, -0.05) is 18.7 Å². The van der Waals surface area contributed by atoms with Crippen molar-refractivity contribution in [3.63, 3.8) is 0 Å². The summed E-state index contributed by atoms with van der Waals surface area (Å²) in [6.07, 6.45) is 2.19. The molecule has 1 aromatic heterocycles. The van der Waals surface area contributed by atoms with Crippen LogP contribution in [-0.2, 0) is 6.61 Å². The van der Waals surface area contributed by atoms with Gasteiger partial charge in [-0.15, -0.1) is 0 Å². The third-order valence-corrected chi connectivity index (χ3v) is 4.55. The molecule has 1 aromatic carbocycles. The summed E-state index contributed by atoms with van der Waals surface area (Å²) >= 11 is 0. The molecule has 2 aromatic rings. The minimum atomic E-state index is -0.308. The number of halogens is 1. The summed E-state index contributed by atoms with van der Waals surface area (Å²) in [6, 6.07) is 10.9. The van der Waals surface area contributed by atoms with Crippen molar-refractivity contribution in [2.24, 2.45) is 0 Å². The van der Waals surface area contributed by atoms with Crippen LogP contribution in [0.5, 0.6) is 5.88 Å². The summed E-state index contributed by atoms with van der Waals surface area (Å²) in [6.45, 7) is 6.13. The molecule has 0 atom stereocenters. The second-order valence-electron chi connectivity index (χ2n) is 6.26. The summed E-state index contributed by atoms with van der Waals surface area (Å²) < 4.78 is 19.9. The highest BCUT2D eigenvalue weighted by atomic mass is 19.1. The van der Waals surface area contributed by atoms with E-state index in [9.17, 15) is 4.39 Å². The third-order valence-electron chi connectivity index (χ3n) is 4.55. The second kappa shape index (κ2) is 8.12. The summed E-state index contributed by atoms with van der Waals surface area (Å²) in [4.78, 5) is 4.63. The van der Waals surface area contributed by atoms with Crippen LogP contribution in [0.3, 0.4) is 0 Å². The van der Waals surface area contributed by atoms with E-state index >= 15 is 0 Å². The van der Waals surface area contributed by atoms with Crippen LogP contribution in [-0.4, -0.2) is 25.1 Å². The predicted octanol–water partition coefficient (Wildman–Crippen LogP) is 3.46. The first-order chi connectivity index (χ1) is 12.2. The number of aromatic nitrogens is 1. The number of ether oxygens (including phenoxy) is 1. The molecule has 1 aliphatic heterocycles. The fourth-order valence-electron chi connectivity index (χ4n) is 3.04. The first-order valence-corrected chi connectivity index (χ1v) is 8.63. The van der Waals surface area contributed by atoms with E-state index in [-0.39, 0.29) is 12.4 Å². The van der Waals surface area contributed by atoms with Gasteiger partial charge >= 0.3 is 0 Å². The fourth-order valence-corrected chi connectivity index (χ4v) is 3.04. The maximum atomic E-state index is 14.1. The smallest absolute Gasteiger partial charge is 0.213 e. The third kappa shape index (κ3) is 4.37. The van der Waals surface area contributed by atoms with Gasteiger partial charge in [0.1, 0.15) is 12.4 Å². The molecule has 0 saturated carbocycles. The number of nitrogens with one attached hydrogen (secondary N) is 2. The van der Waals surface area contributed by atoms with Crippen molar-refractivity contribution in [3.8, 4) is 5.88 Å². The van der Waals surface area contributed by atoms with Gasteiger partial charge in [-0.2, -0.15) is 0 Å². The van der Waals surface area contributed by atoms with Gasteiger partial charge in [0.2, 0.25) is 5.88 Å². The van der Waals surface area contributed by atoms with E-state index in [0.29, 0.717) is 23.1 Å². The maximum absolute atomic E-state index is 14.1. The van der Waals surface area contributed by atoms with Crippen molar-refractivity contribution in [3.05, 3.63) is 65.6 Å². The second-order valence-corrected chi connectivity index (χ2v) is 6.26. The Morgan fingerprint density at radius 3 is 2.84 bits per heavy atom. The minimum absolute atomic E-state index is 0.284. The molecule has 3 rings (SSSR count). The van der Waals surface area contributed by atoms with E-state index in [2.05, 4.69) is 28.3 Å². The first kappa shape index (κ1) is 17.4. The number of pyridine rings is 1. The summed E-state index contributed by atoms with van der Waals surface area (Å²) in [5, 5.41) is 6.22. The molecule has 0 amide bonds. The van der Waals surface area contributed by atoms with E-state index in [4.69, 9.17) is 4.74 Å². The molecule has 1 aliphatic rings. The Labute approximate surface area is 148 Å². The summed E-state index contributed by atoms with van der Waals surface area (Å²) in [7, 11) is 1.72. The normalized spacial score (nSPS) is 15.0. The van der Waals surface area contributed by atoms with E-state index in [1.807, 2.05) is 18.2 Å². The van der Waals surface area contributed by atoms with Crippen LogP contribution >= 0.6 is 0 Å². The molecule has 0 spiro atoms. The zero-order chi connectivity index (χ0) is 17.6. The molecule has 1 fully saturated rings. The lowest BCUT2D eigenvalue weighted by atomic mass is 9.94. The monoisotopic (exact) mass is 341 g/mol. The number of hydrogen-bond donors (Lipinski definition) is 2. The Balaban J connectivity index is 1.65. The molecular weight excluding hydrogens is 317 g/mol. The topological polar surface area (TPSA) is 46.2 Å². The lowest BCUT2D eigenvalue weighted by molar-refractivity contribution is 0.291. The van der Waals surface area contributed by atoms with Crippen LogP contribution in [0.15, 0.2) is 43.0 Å². The molecule has 4 nitrogen and oxygen atoms in total. The average molecular weight is 341 g/mol. The molecule has 0 unspecified atom stereocenters. The lowest BCUT2D eigenvalue weighted by Crippen LogP contribution is -2.27. The Morgan fingerprint density at radius 2 is 2.12 bits per heavy atom. The van der Waals surface area contributed by atoms with Crippen LogP contribution < -0.4 is 15.4 Å². The number of hydrogen-bond acceptors (Lipinski definition) is 4. The van der Waals surface area contributed by atoms with Crippen molar-refractivity contribution in [2.45, 2.75) is 25.4 Å². The summed E-state index contributed by atoms with van der Waals surface area (Å²) in [5.74, 6) is 0.756. The van der Waals surface area contributed by atoms with Crippen molar-refractivity contribution < 1.29 is 9.13 Å². The number of benzene rings is 1. The highest BCUT2D eigenvalue weighted by Gasteiger charge is 2.16. The van der Waals surface area contributed by atoms with Gasteiger partial charge in [0.25, 0.3) is 0 Å². The van der Waals surface area contributed by atoms with Crippen LogP contribution in [0.25, 0.3) is 5.70 Å². The summed E-state index contributed by atoms with van der Waals surface area (Å²) in [5.41, 5.74) is 2.86. The quantitative estimate of drug-likeness (QED) is 0.845. The highest BCUT2D eigenvalue weighted by Crippen LogP contribution is 2.25. The molecular formula is C20H24FN3O. The average Bonchev–Trinajstić information content (AvgIpc) is 2.67. The standard InChI is InChI=1S/C20H24FN3O/c1-14(22-2)17-7-6-15(12-18(17)21)13-25-20-5-3-4-19(24-20)16-8-10-23-11-9-16/h3-7,12,16,22-23H,1,8-11,13H2,2H3. The van der Waals surface area contributed by atoms with E-state index in [0.717, 1.165) is 37.2 Å². The molecule has 0 bridgehead atoms. The Morgan fingerprint density at radius 1 is 1.32 bits per heavy atom. The number of piperidine rings is 1. The van der Waals surface area contributed by atoms with E-state index < -0.39 is 0 Å². The fraction of sp³-hybridized carbons (Fsp3) is 0.350. The van der Waals surface area contributed by atoms with Crippen molar-refractivity contribution >= 4 is 5.70 Å². The zero-order valence-corrected chi connectivity index (χ0v) is 14.5. The lowest BCUT2D eigenvalue weighted by Gasteiger charge is -2.22. The molecule has 5 heteroatoms. The van der Waals surface area contributed by atoms with E-state index in [1.165, 1.54) is 6.07 Å². The van der Waals surface area contributed by atoms with Gasteiger partial charge in [-0.05, 0) is 49.7 Å². The Kier molecular flexibility index (Phi) is 5.66. The SMILES string of the molecule is C=C(NC)c1ccc(COc2cccc(C3CCNCC3)n2)cc1F. The zero-order valence-electron chi connectivity index (χ0n) is 14.5. The molecule has 0 aliphatic carbocycles. The largest absolute Gasteiger partial charge is 0.473 e. The van der Waals surface area contributed by atoms with Crippen molar-refractivity contribution in [2.75, 3.05) is 20.1 Å². The predicted molar refractivity (Wildman–Crippen MR) is 97.9 cm³/mol. The number of rotatable bonds is 6. The Hall–Kier alpha value is -2.40. The molecule has 25 heavy (non-hydrogen) atoms. The molecule has 1 saturated heterocycles. The molecule has 0 radical (unpaired) electrons. The van der Waals surface area contributed by atoms with Crippen LogP contribution in [0.4, 0.5) is 4.39 Å². The van der Waals surface area contributed by atoms with Crippen molar-refractivity contribution in [1.29, 1.82) is 0 Å². The van der Waals surface area contributed by atoms with Gasteiger partial charge in [-0.3, -0.25) is 0 Å². The maximum Gasteiger partial charge on any atom is 0.213 e. The molecule has 132 valence electrons. The van der Waals surface area contributed by atoms with E-state index in [1.54, 1.807) is 13.1 Å². The van der Waals surface area contributed by atoms with Crippen LogP contribution in [0.2, 0.25) is 0 Å². The van der Waals surface area contributed by atoms with Gasteiger partial charge < -0.3 is 15.4 Å². The van der Waals surface area contributed by atoms with Crippen LogP contribution in [0.1, 0.15) is 35.6 Å². The molecule has 2 N–H and O–H groups in total. The van der Waals surface area contributed by atoms with Gasteiger partial charge in [0, 0.05) is 36.0 Å². The Bertz CT molecular complexity index is 741. The van der Waals surface area contributed by atoms with Crippen molar-refractivity contribution in [1.82, 2.24) is 15.6 Å². The van der Waals surface area contributed by atoms with Gasteiger partial charge in [-0.25, -0.2) is 9.37 Å². The van der Waals surface area contributed by atoms with Gasteiger partial charge in [0.15, 0.2) is 0 Å². The van der Waals surface area contributed by atoms with Gasteiger partial charge in [0.05, 0.1) is 0 Å². The van der Waals surface area contributed by atoms with Crippen LogP contribution in [0, 0.1) is 5.82 Å².